The third-order valence-electron chi connectivity index (χ3n) is 1.65. The van der Waals surface area contributed by atoms with Crippen molar-refractivity contribution in [1.29, 1.82) is 0 Å². The Kier molecular flexibility index (Phi) is 2.06. The highest BCUT2D eigenvalue weighted by Crippen LogP contribution is 2.18. The first-order valence-electron chi connectivity index (χ1n) is 3.27. The Bertz CT molecular complexity index is 162. The van der Waals surface area contributed by atoms with Gasteiger partial charge in [-0.1, -0.05) is 12.2 Å². The molecule has 0 saturated heterocycles. The van der Waals surface area contributed by atoms with E-state index in [9.17, 15) is 4.79 Å². The molecule has 56 valence electrons. The second-order valence-corrected chi connectivity index (χ2v) is 2.50. The van der Waals surface area contributed by atoms with Crippen molar-refractivity contribution < 1.29 is 15.0 Å². The first-order valence-corrected chi connectivity index (χ1v) is 3.27. The van der Waals surface area contributed by atoms with Crippen LogP contribution in [0.3, 0.4) is 0 Å². The lowest BCUT2D eigenvalue weighted by Gasteiger charge is -2.16. The summed E-state index contributed by atoms with van der Waals surface area (Å²) >= 11 is 0. The number of rotatable bonds is 1. The summed E-state index contributed by atoms with van der Waals surface area (Å²) in [4.78, 5) is 10.4. The van der Waals surface area contributed by atoms with Gasteiger partial charge >= 0.3 is 5.97 Å². The van der Waals surface area contributed by atoms with E-state index in [-0.39, 0.29) is 5.92 Å². The fourth-order valence-corrected chi connectivity index (χ4v) is 1.07. The molecular weight excluding hydrogens is 132 g/mol. The second-order valence-electron chi connectivity index (χ2n) is 2.50. The molecule has 10 heavy (non-hydrogen) atoms. The molecule has 1 aliphatic carbocycles. The van der Waals surface area contributed by atoms with Crippen molar-refractivity contribution in [3.63, 3.8) is 0 Å². The standard InChI is InChI=1S/C7H10O3/c8-6-3-1-2-5(4-6)7(9)10/h1,3,5-6,8H,2,4H2,(H,9,10)/t5-,6+/m0/s1. The molecule has 0 heterocycles. The highest BCUT2D eigenvalue weighted by Gasteiger charge is 2.21. The summed E-state index contributed by atoms with van der Waals surface area (Å²) in [6.07, 6.45) is 3.69. The number of carbonyl (C=O) groups is 1. The zero-order valence-electron chi connectivity index (χ0n) is 5.53. The molecule has 0 unspecified atom stereocenters. The zero-order valence-corrected chi connectivity index (χ0v) is 5.53. The molecule has 2 atom stereocenters. The van der Waals surface area contributed by atoms with Crippen LogP contribution in [0.15, 0.2) is 12.2 Å². The number of carboxylic acids is 1. The first kappa shape index (κ1) is 7.28. The monoisotopic (exact) mass is 142 g/mol. The largest absolute Gasteiger partial charge is 0.481 e. The van der Waals surface area contributed by atoms with Crippen molar-refractivity contribution in [2.75, 3.05) is 0 Å². The van der Waals surface area contributed by atoms with Crippen molar-refractivity contribution in [2.45, 2.75) is 18.9 Å². The minimum Gasteiger partial charge on any atom is -0.481 e. The average molecular weight is 142 g/mol. The van der Waals surface area contributed by atoms with E-state index < -0.39 is 12.1 Å². The van der Waals surface area contributed by atoms with Gasteiger partial charge in [-0.05, 0) is 12.8 Å². The van der Waals surface area contributed by atoms with Crippen LogP contribution < -0.4 is 0 Å². The van der Waals surface area contributed by atoms with Gasteiger partial charge in [0.2, 0.25) is 0 Å². The fraction of sp³-hybridized carbons (Fsp3) is 0.571. The zero-order chi connectivity index (χ0) is 7.56. The van der Waals surface area contributed by atoms with Crippen LogP contribution in [0.25, 0.3) is 0 Å². The van der Waals surface area contributed by atoms with Crippen molar-refractivity contribution in [1.82, 2.24) is 0 Å². The van der Waals surface area contributed by atoms with Gasteiger partial charge in [0, 0.05) is 0 Å². The van der Waals surface area contributed by atoms with Gasteiger partial charge in [-0.3, -0.25) is 4.79 Å². The number of hydrogen-bond acceptors (Lipinski definition) is 2. The quantitative estimate of drug-likeness (QED) is 0.521. The van der Waals surface area contributed by atoms with Crippen LogP contribution in [-0.4, -0.2) is 22.3 Å². The minimum absolute atomic E-state index is 0.353. The van der Waals surface area contributed by atoms with Crippen LogP contribution in [0.1, 0.15) is 12.8 Å². The maximum atomic E-state index is 10.4. The van der Waals surface area contributed by atoms with Crippen LogP contribution in [0.4, 0.5) is 0 Å². The van der Waals surface area contributed by atoms with E-state index in [0.717, 1.165) is 0 Å². The van der Waals surface area contributed by atoms with Crippen molar-refractivity contribution in [3.8, 4) is 0 Å². The molecule has 0 aliphatic heterocycles. The SMILES string of the molecule is O=C(O)[C@H]1CC=C[C@@H](O)C1. The summed E-state index contributed by atoms with van der Waals surface area (Å²) in [6, 6.07) is 0. The Morgan fingerprint density at radius 1 is 1.60 bits per heavy atom. The normalized spacial score (nSPS) is 32.1. The van der Waals surface area contributed by atoms with Crippen LogP contribution in [0.5, 0.6) is 0 Å². The molecule has 0 saturated carbocycles. The van der Waals surface area contributed by atoms with E-state index in [4.69, 9.17) is 10.2 Å². The lowest BCUT2D eigenvalue weighted by Crippen LogP contribution is -2.21. The van der Waals surface area contributed by atoms with Gasteiger partial charge in [-0.2, -0.15) is 0 Å². The average Bonchev–Trinajstić information content (AvgIpc) is 1.88. The maximum Gasteiger partial charge on any atom is 0.306 e. The Hall–Kier alpha value is -0.830. The number of hydrogen-bond donors (Lipinski definition) is 2. The summed E-state index contributed by atoms with van der Waals surface area (Å²) in [5, 5.41) is 17.5. The Balaban J connectivity index is 2.52. The molecule has 0 aromatic carbocycles. The molecule has 0 aromatic heterocycles. The Morgan fingerprint density at radius 3 is 2.70 bits per heavy atom. The van der Waals surface area contributed by atoms with E-state index in [0.29, 0.717) is 12.8 Å². The first-order chi connectivity index (χ1) is 4.70. The van der Waals surface area contributed by atoms with Crippen LogP contribution in [0, 0.1) is 5.92 Å². The molecule has 1 aliphatic rings. The summed E-state index contributed by atoms with van der Waals surface area (Å²) in [5.41, 5.74) is 0. The lowest BCUT2D eigenvalue weighted by molar-refractivity contribution is -0.142. The predicted octanol–water partition coefficient (Wildman–Crippen LogP) is 0.398. The molecule has 3 heteroatoms. The molecular formula is C7H10O3. The van der Waals surface area contributed by atoms with Gasteiger partial charge < -0.3 is 10.2 Å². The molecule has 0 bridgehead atoms. The van der Waals surface area contributed by atoms with E-state index >= 15 is 0 Å². The molecule has 0 radical (unpaired) electrons. The lowest BCUT2D eigenvalue weighted by atomic mass is 9.93. The second kappa shape index (κ2) is 2.84. The maximum absolute atomic E-state index is 10.4. The Morgan fingerprint density at radius 2 is 2.30 bits per heavy atom. The van der Waals surface area contributed by atoms with Crippen LogP contribution in [-0.2, 0) is 4.79 Å². The van der Waals surface area contributed by atoms with E-state index in [1.807, 2.05) is 0 Å². The van der Waals surface area contributed by atoms with Crippen molar-refractivity contribution >= 4 is 5.97 Å². The van der Waals surface area contributed by atoms with Gasteiger partial charge in [0.05, 0.1) is 12.0 Å². The summed E-state index contributed by atoms with van der Waals surface area (Å²) < 4.78 is 0. The summed E-state index contributed by atoms with van der Waals surface area (Å²) in [5.74, 6) is -1.21. The summed E-state index contributed by atoms with van der Waals surface area (Å²) in [7, 11) is 0. The molecule has 2 N–H and O–H groups in total. The molecule has 0 amide bonds. The smallest absolute Gasteiger partial charge is 0.306 e. The van der Waals surface area contributed by atoms with Gasteiger partial charge in [-0.15, -0.1) is 0 Å². The van der Waals surface area contributed by atoms with Gasteiger partial charge in [0.1, 0.15) is 0 Å². The molecule has 0 aromatic rings. The number of allylic oxidation sites excluding steroid dienone is 1. The highest BCUT2D eigenvalue weighted by molar-refractivity contribution is 5.70. The Labute approximate surface area is 59.0 Å². The number of carboxylic acid groups (broad SMARTS) is 1. The number of aliphatic carboxylic acids is 1. The molecule has 1 rings (SSSR count). The molecule has 0 spiro atoms. The predicted molar refractivity (Wildman–Crippen MR) is 35.5 cm³/mol. The van der Waals surface area contributed by atoms with Gasteiger partial charge in [0.15, 0.2) is 0 Å². The van der Waals surface area contributed by atoms with Crippen LogP contribution >= 0.6 is 0 Å². The van der Waals surface area contributed by atoms with E-state index in [2.05, 4.69) is 0 Å². The number of aliphatic hydroxyl groups excluding tert-OH is 1. The van der Waals surface area contributed by atoms with E-state index in [1.165, 1.54) is 0 Å². The van der Waals surface area contributed by atoms with Gasteiger partial charge in [-0.25, -0.2) is 0 Å². The third-order valence-corrected chi connectivity index (χ3v) is 1.65. The molecule has 3 nitrogen and oxygen atoms in total. The van der Waals surface area contributed by atoms with Crippen molar-refractivity contribution in [3.05, 3.63) is 12.2 Å². The third kappa shape index (κ3) is 1.57. The van der Waals surface area contributed by atoms with Crippen molar-refractivity contribution in [2.24, 2.45) is 5.92 Å². The highest BCUT2D eigenvalue weighted by atomic mass is 16.4. The fourth-order valence-electron chi connectivity index (χ4n) is 1.07. The summed E-state index contributed by atoms with van der Waals surface area (Å²) in [6.45, 7) is 0. The minimum atomic E-state index is -0.816. The van der Waals surface area contributed by atoms with Gasteiger partial charge in [0.25, 0.3) is 0 Å². The topological polar surface area (TPSA) is 57.5 Å². The van der Waals surface area contributed by atoms with E-state index in [1.54, 1.807) is 12.2 Å². The molecule has 0 fully saturated rings. The number of aliphatic hydroxyl groups is 1. The van der Waals surface area contributed by atoms with Crippen LogP contribution in [0.2, 0.25) is 0 Å².